The molecule has 0 saturated carbocycles. The number of esters is 1. The third kappa shape index (κ3) is 4.98. The van der Waals surface area contributed by atoms with Crippen LogP contribution in [0.2, 0.25) is 10.0 Å². The number of halogens is 2. The normalized spacial score (nSPS) is 10.9. The van der Waals surface area contributed by atoms with Crippen LogP contribution in [0.4, 0.5) is 0 Å². The molecule has 0 aliphatic rings. The highest BCUT2D eigenvalue weighted by atomic mass is 35.5. The van der Waals surface area contributed by atoms with E-state index in [1.54, 1.807) is 78.9 Å². The molecule has 0 amide bonds. The van der Waals surface area contributed by atoms with Crippen molar-refractivity contribution in [3.05, 3.63) is 99.5 Å². The molecule has 3 rings (SSSR count). The van der Waals surface area contributed by atoms with Crippen LogP contribution in [0.15, 0.2) is 72.8 Å². The van der Waals surface area contributed by atoms with Gasteiger partial charge in [-0.2, -0.15) is 5.26 Å². The van der Waals surface area contributed by atoms with Gasteiger partial charge in [0.15, 0.2) is 0 Å². The molecule has 0 bridgehead atoms. The number of rotatable bonds is 4. The molecule has 3 nitrogen and oxygen atoms in total. The summed E-state index contributed by atoms with van der Waals surface area (Å²) in [7, 11) is 0. The summed E-state index contributed by atoms with van der Waals surface area (Å²) in [5.41, 5.74) is 2.47. The van der Waals surface area contributed by atoms with Gasteiger partial charge in [0.1, 0.15) is 5.75 Å². The smallest absolute Gasteiger partial charge is 0.343 e. The molecule has 0 N–H and O–H groups in total. The lowest BCUT2D eigenvalue weighted by Gasteiger charge is -2.05. The van der Waals surface area contributed by atoms with Gasteiger partial charge < -0.3 is 4.74 Å². The quantitative estimate of drug-likeness (QED) is 0.227. The first-order valence-electron chi connectivity index (χ1n) is 8.01. The predicted molar refractivity (Wildman–Crippen MR) is 108 cm³/mol. The van der Waals surface area contributed by atoms with Crippen LogP contribution in [0.3, 0.4) is 0 Å². The number of carbonyl (C=O) groups excluding carboxylic acids is 1. The average Bonchev–Trinajstić information content (AvgIpc) is 2.68. The van der Waals surface area contributed by atoms with E-state index in [4.69, 9.17) is 27.9 Å². The molecule has 0 saturated heterocycles. The summed E-state index contributed by atoms with van der Waals surface area (Å²) in [5, 5.41) is 10.5. The minimum Gasteiger partial charge on any atom is -0.423 e. The fraction of sp³-hybridized carbons (Fsp3) is 0. The second-order valence-electron chi connectivity index (χ2n) is 5.65. The molecule has 0 fully saturated rings. The lowest BCUT2D eigenvalue weighted by atomic mass is 10.0. The van der Waals surface area contributed by atoms with E-state index in [0.29, 0.717) is 26.9 Å². The fourth-order valence-electron chi connectivity index (χ4n) is 2.39. The SMILES string of the molecule is N#C/C(=C/c1ccc(OC(=O)c2cccc(Cl)c2)cc1)c1ccc(Cl)cc1. The van der Waals surface area contributed by atoms with Gasteiger partial charge in [0, 0.05) is 10.0 Å². The molecule has 0 aromatic heterocycles. The zero-order chi connectivity index (χ0) is 19.2. The second-order valence-corrected chi connectivity index (χ2v) is 6.52. The van der Waals surface area contributed by atoms with Crippen molar-refractivity contribution < 1.29 is 9.53 Å². The summed E-state index contributed by atoms with van der Waals surface area (Å²) < 4.78 is 5.34. The van der Waals surface area contributed by atoms with Crippen LogP contribution in [0.1, 0.15) is 21.5 Å². The first-order valence-corrected chi connectivity index (χ1v) is 8.76. The summed E-state index contributed by atoms with van der Waals surface area (Å²) >= 11 is 11.8. The molecule has 0 heterocycles. The van der Waals surface area contributed by atoms with Gasteiger partial charge in [-0.25, -0.2) is 4.79 Å². The van der Waals surface area contributed by atoms with Crippen LogP contribution >= 0.6 is 23.2 Å². The van der Waals surface area contributed by atoms with Gasteiger partial charge in [-0.1, -0.05) is 53.5 Å². The summed E-state index contributed by atoms with van der Waals surface area (Å²) in [5.74, 6) is -0.0817. The molecule has 0 radical (unpaired) electrons. The third-order valence-corrected chi connectivity index (χ3v) is 4.22. The van der Waals surface area contributed by atoms with Gasteiger partial charge in [0.2, 0.25) is 0 Å². The number of carbonyl (C=O) groups is 1. The number of benzene rings is 3. The number of hydrogen-bond acceptors (Lipinski definition) is 3. The molecule has 0 atom stereocenters. The maximum absolute atomic E-state index is 12.1. The van der Waals surface area contributed by atoms with E-state index in [2.05, 4.69) is 6.07 Å². The Balaban J connectivity index is 1.75. The van der Waals surface area contributed by atoms with Crippen molar-refractivity contribution in [3.8, 4) is 11.8 Å². The van der Waals surface area contributed by atoms with Gasteiger partial charge in [-0.05, 0) is 59.7 Å². The molecule has 0 aliphatic carbocycles. The molecular weight excluding hydrogens is 381 g/mol. The molecule has 0 spiro atoms. The molecule has 3 aromatic rings. The molecule has 132 valence electrons. The van der Waals surface area contributed by atoms with Crippen molar-refractivity contribution in [1.82, 2.24) is 0 Å². The van der Waals surface area contributed by atoms with Crippen LogP contribution in [0.5, 0.6) is 5.75 Å². The van der Waals surface area contributed by atoms with Gasteiger partial charge in [0.25, 0.3) is 0 Å². The highest BCUT2D eigenvalue weighted by Crippen LogP contribution is 2.22. The molecule has 0 aliphatic heterocycles. The van der Waals surface area contributed by atoms with Crippen LogP contribution in [0.25, 0.3) is 11.6 Å². The highest BCUT2D eigenvalue weighted by molar-refractivity contribution is 6.31. The van der Waals surface area contributed by atoms with Crippen molar-refractivity contribution >= 4 is 40.8 Å². The van der Waals surface area contributed by atoms with Crippen molar-refractivity contribution in [2.45, 2.75) is 0 Å². The zero-order valence-corrected chi connectivity index (χ0v) is 15.5. The Labute approximate surface area is 167 Å². The molecule has 27 heavy (non-hydrogen) atoms. The standard InChI is InChI=1S/C22H13Cl2NO2/c23-19-8-6-16(7-9-19)18(14-25)12-15-4-10-21(11-5-15)27-22(26)17-2-1-3-20(24)13-17/h1-13H/b18-12-. The van der Waals surface area contributed by atoms with Crippen molar-refractivity contribution in [2.24, 2.45) is 0 Å². The third-order valence-electron chi connectivity index (χ3n) is 3.74. The number of allylic oxidation sites excluding steroid dienone is 1. The summed E-state index contributed by atoms with van der Waals surface area (Å²) in [6, 6.07) is 22.7. The lowest BCUT2D eigenvalue weighted by molar-refractivity contribution is 0.0735. The van der Waals surface area contributed by atoms with E-state index in [0.717, 1.165) is 11.1 Å². The van der Waals surface area contributed by atoms with E-state index in [1.165, 1.54) is 0 Å². The summed E-state index contributed by atoms with van der Waals surface area (Å²) in [4.78, 5) is 12.1. The van der Waals surface area contributed by atoms with E-state index in [9.17, 15) is 10.1 Å². The largest absolute Gasteiger partial charge is 0.423 e. The number of hydrogen-bond donors (Lipinski definition) is 0. The first-order chi connectivity index (χ1) is 13.0. The maximum Gasteiger partial charge on any atom is 0.343 e. The van der Waals surface area contributed by atoms with Gasteiger partial charge >= 0.3 is 5.97 Å². The molecular formula is C22H13Cl2NO2. The van der Waals surface area contributed by atoms with Gasteiger partial charge in [-0.3, -0.25) is 0 Å². The Morgan fingerprint density at radius 3 is 2.22 bits per heavy atom. The van der Waals surface area contributed by atoms with Crippen molar-refractivity contribution in [2.75, 3.05) is 0 Å². The van der Waals surface area contributed by atoms with E-state index >= 15 is 0 Å². The van der Waals surface area contributed by atoms with Crippen molar-refractivity contribution in [3.63, 3.8) is 0 Å². The Hall–Kier alpha value is -3.06. The van der Waals surface area contributed by atoms with Crippen LogP contribution in [-0.2, 0) is 0 Å². The zero-order valence-electron chi connectivity index (χ0n) is 14.0. The average molecular weight is 394 g/mol. The Morgan fingerprint density at radius 1 is 0.889 bits per heavy atom. The van der Waals surface area contributed by atoms with E-state index in [-0.39, 0.29) is 0 Å². The fourth-order valence-corrected chi connectivity index (χ4v) is 2.71. The van der Waals surface area contributed by atoms with Gasteiger partial charge in [-0.15, -0.1) is 0 Å². The van der Waals surface area contributed by atoms with E-state index < -0.39 is 5.97 Å². The minimum absolute atomic E-state index is 0.376. The predicted octanol–water partition coefficient (Wildman–Crippen LogP) is 6.28. The van der Waals surface area contributed by atoms with Crippen LogP contribution in [-0.4, -0.2) is 5.97 Å². The topological polar surface area (TPSA) is 50.1 Å². The molecule has 0 unspecified atom stereocenters. The molecule has 5 heteroatoms. The lowest BCUT2D eigenvalue weighted by Crippen LogP contribution is -2.08. The highest BCUT2D eigenvalue weighted by Gasteiger charge is 2.09. The summed E-state index contributed by atoms with van der Waals surface area (Å²) in [6.07, 6.45) is 1.76. The maximum atomic E-state index is 12.1. The number of ether oxygens (including phenoxy) is 1. The van der Waals surface area contributed by atoms with Crippen molar-refractivity contribution in [1.29, 1.82) is 5.26 Å². The minimum atomic E-state index is -0.486. The Kier molecular flexibility index (Phi) is 5.93. The van der Waals surface area contributed by atoms with E-state index in [1.807, 2.05) is 0 Å². The van der Waals surface area contributed by atoms with Gasteiger partial charge in [0.05, 0.1) is 17.2 Å². The Morgan fingerprint density at radius 2 is 1.59 bits per heavy atom. The first kappa shape index (κ1) is 18.7. The van der Waals surface area contributed by atoms with Crippen LogP contribution in [0, 0.1) is 11.3 Å². The number of nitriles is 1. The Bertz CT molecular complexity index is 1030. The molecule has 3 aromatic carbocycles. The van der Waals surface area contributed by atoms with Crippen LogP contribution < -0.4 is 4.74 Å². The summed E-state index contributed by atoms with van der Waals surface area (Å²) in [6.45, 7) is 0. The number of nitrogens with zero attached hydrogens (tertiary/aromatic N) is 1. The monoisotopic (exact) mass is 393 g/mol. The second kappa shape index (κ2) is 8.55.